The molecular formula is C19H24N2O5. The molecule has 1 atom stereocenters. The lowest BCUT2D eigenvalue weighted by molar-refractivity contribution is -0.138. The van der Waals surface area contributed by atoms with Gasteiger partial charge in [0.25, 0.3) is 0 Å². The Bertz CT molecular complexity index is 654. The molecule has 0 aromatic heterocycles. The second-order valence-electron chi connectivity index (χ2n) is 6.53. The molecule has 0 bridgehead atoms. The van der Waals surface area contributed by atoms with Gasteiger partial charge < -0.3 is 14.8 Å². The third-order valence-electron chi connectivity index (χ3n) is 4.58. The molecule has 1 N–H and O–H groups in total. The second kappa shape index (κ2) is 8.80. The maximum Gasteiger partial charge on any atom is 0.229 e. The van der Waals surface area contributed by atoms with Crippen molar-refractivity contribution in [3.63, 3.8) is 0 Å². The average molecular weight is 360 g/mol. The van der Waals surface area contributed by atoms with Gasteiger partial charge in [0.1, 0.15) is 12.4 Å². The van der Waals surface area contributed by atoms with E-state index in [2.05, 4.69) is 5.32 Å². The quantitative estimate of drug-likeness (QED) is 0.753. The summed E-state index contributed by atoms with van der Waals surface area (Å²) in [5.41, 5.74) is 0.576. The number of carbonyl (C=O) groups is 3. The molecule has 2 aliphatic rings. The predicted octanol–water partition coefficient (Wildman–Crippen LogP) is 2.11. The average Bonchev–Trinajstić information content (AvgIpc) is 2.98. The maximum absolute atomic E-state index is 12.2. The smallest absolute Gasteiger partial charge is 0.229 e. The van der Waals surface area contributed by atoms with E-state index in [1.165, 1.54) is 0 Å². The van der Waals surface area contributed by atoms with Crippen LogP contribution in [0, 0.1) is 0 Å². The first-order chi connectivity index (χ1) is 12.6. The van der Waals surface area contributed by atoms with E-state index >= 15 is 0 Å². The number of benzene rings is 1. The molecule has 0 aliphatic carbocycles. The number of ether oxygens (including phenoxy) is 2. The minimum atomic E-state index is -0.262. The van der Waals surface area contributed by atoms with Crippen LogP contribution in [0.3, 0.4) is 0 Å². The Morgan fingerprint density at radius 3 is 2.69 bits per heavy atom. The van der Waals surface area contributed by atoms with Crippen molar-refractivity contribution in [1.82, 2.24) is 4.90 Å². The number of hydrogen-bond donors (Lipinski definition) is 1. The largest absolute Gasteiger partial charge is 0.489 e. The molecule has 26 heavy (non-hydrogen) atoms. The van der Waals surface area contributed by atoms with Gasteiger partial charge in [-0.05, 0) is 31.4 Å². The van der Waals surface area contributed by atoms with Crippen molar-refractivity contribution in [1.29, 1.82) is 0 Å². The normalized spacial score (nSPS) is 20.3. The van der Waals surface area contributed by atoms with Crippen LogP contribution in [0.25, 0.3) is 0 Å². The molecule has 2 aliphatic heterocycles. The summed E-state index contributed by atoms with van der Waals surface area (Å²) in [5.74, 6) is -0.0937. The number of amides is 3. The van der Waals surface area contributed by atoms with E-state index in [1.807, 2.05) is 12.1 Å². The zero-order chi connectivity index (χ0) is 18.4. The van der Waals surface area contributed by atoms with Gasteiger partial charge in [-0.15, -0.1) is 0 Å². The number of nitrogens with zero attached hydrogens (tertiary/aromatic N) is 1. The zero-order valence-electron chi connectivity index (χ0n) is 14.7. The van der Waals surface area contributed by atoms with Gasteiger partial charge in [-0.1, -0.05) is 12.1 Å². The van der Waals surface area contributed by atoms with Crippen molar-refractivity contribution in [2.24, 2.45) is 0 Å². The van der Waals surface area contributed by atoms with Gasteiger partial charge in [-0.25, -0.2) is 0 Å². The Morgan fingerprint density at radius 1 is 1.19 bits per heavy atom. The first-order valence-electron chi connectivity index (χ1n) is 9.10. The van der Waals surface area contributed by atoms with E-state index in [9.17, 15) is 14.4 Å². The molecule has 1 unspecified atom stereocenters. The molecule has 0 radical (unpaired) electrons. The van der Waals surface area contributed by atoms with Crippen LogP contribution >= 0.6 is 0 Å². The number of carbonyl (C=O) groups excluding carboxylic acids is 3. The molecule has 2 saturated heterocycles. The summed E-state index contributed by atoms with van der Waals surface area (Å²) in [4.78, 5) is 36.5. The highest BCUT2D eigenvalue weighted by Crippen LogP contribution is 2.25. The van der Waals surface area contributed by atoms with Crippen molar-refractivity contribution in [2.75, 3.05) is 25.1 Å². The predicted molar refractivity (Wildman–Crippen MR) is 94.7 cm³/mol. The number of nitrogens with one attached hydrogen (secondary N) is 1. The summed E-state index contributed by atoms with van der Waals surface area (Å²) < 4.78 is 11.5. The van der Waals surface area contributed by atoms with Gasteiger partial charge in [0.2, 0.25) is 17.7 Å². The highest BCUT2D eigenvalue weighted by atomic mass is 16.5. The first kappa shape index (κ1) is 18.4. The van der Waals surface area contributed by atoms with Crippen LogP contribution in [0.4, 0.5) is 5.69 Å². The number of rotatable bonds is 7. The molecule has 0 saturated carbocycles. The number of para-hydroxylation sites is 2. The van der Waals surface area contributed by atoms with Crippen LogP contribution in [0.2, 0.25) is 0 Å². The lowest BCUT2D eigenvalue weighted by Gasteiger charge is -2.23. The van der Waals surface area contributed by atoms with Crippen molar-refractivity contribution < 1.29 is 23.9 Å². The topological polar surface area (TPSA) is 84.9 Å². The van der Waals surface area contributed by atoms with E-state index in [4.69, 9.17) is 9.47 Å². The third-order valence-corrected chi connectivity index (χ3v) is 4.58. The Kier molecular flexibility index (Phi) is 6.22. The zero-order valence-corrected chi connectivity index (χ0v) is 14.7. The van der Waals surface area contributed by atoms with Gasteiger partial charge in [0.15, 0.2) is 0 Å². The summed E-state index contributed by atoms with van der Waals surface area (Å²) in [6.45, 7) is 1.33. The standard InChI is InChI=1S/C19H24N2O5/c22-17(10-11-21-18(23)8-9-19(21)24)20-15-6-1-2-7-16(15)26-13-14-5-3-4-12-25-14/h1-2,6-7,14H,3-5,8-13H2,(H,20,22). The Balaban J connectivity index is 1.51. The summed E-state index contributed by atoms with van der Waals surface area (Å²) in [6.07, 6.45) is 3.83. The summed E-state index contributed by atoms with van der Waals surface area (Å²) >= 11 is 0. The van der Waals surface area contributed by atoms with E-state index in [-0.39, 0.29) is 49.6 Å². The molecule has 7 nitrogen and oxygen atoms in total. The lowest BCUT2D eigenvalue weighted by Crippen LogP contribution is -2.32. The Hall–Kier alpha value is -2.41. The highest BCUT2D eigenvalue weighted by Gasteiger charge is 2.28. The van der Waals surface area contributed by atoms with Gasteiger partial charge in [-0.2, -0.15) is 0 Å². The number of likely N-dealkylation sites (tertiary alicyclic amines) is 1. The monoisotopic (exact) mass is 360 g/mol. The van der Waals surface area contributed by atoms with Gasteiger partial charge >= 0.3 is 0 Å². The number of hydrogen-bond acceptors (Lipinski definition) is 5. The molecule has 2 fully saturated rings. The fourth-order valence-corrected chi connectivity index (χ4v) is 3.12. The van der Waals surface area contributed by atoms with Gasteiger partial charge in [0, 0.05) is 32.4 Å². The van der Waals surface area contributed by atoms with Crippen molar-refractivity contribution >= 4 is 23.4 Å². The van der Waals surface area contributed by atoms with Crippen LogP contribution in [0.1, 0.15) is 38.5 Å². The molecule has 140 valence electrons. The fraction of sp³-hybridized carbons (Fsp3) is 0.526. The minimum absolute atomic E-state index is 0.0670. The van der Waals surface area contributed by atoms with Crippen LogP contribution in [-0.4, -0.2) is 48.5 Å². The van der Waals surface area contributed by atoms with Gasteiger partial charge in [-0.3, -0.25) is 19.3 Å². The van der Waals surface area contributed by atoms with Gasteiger partial charge in [0.05, 0.1) is 11.8 Å². The Morgan fingerprint density at radius 2 is 1.96 bits per heavy atom. The Labute approximate surface area is 152 Å². The van der Waals surface area contributed by atoms with Crippen LogP contribution < -0.4 is 10.1 Å². The summed E-state index contributed by atoms with van der Waals surface area (Å²) in [5, 5.41) is 2.80. The fourth-order valence-electron chi connectivity index (χ4n) is 3.12. The highest BCUT2D eigenvalue weighted by molar-refractivity contribution is 6.02. The molecule has 1 aromatic carbocycles. The molecule has 1 aromatic rings. The molecular weight excluding hydrogens is 336 g/mol. The van der Waals surface area contributed by atoms with Crippen molar-refractivity contribution in [2.45, 2.75) is 44.6 Å². The summed E-state index contributed by atoms with van der Waals surface area (Å²) in [7, 11) is 0. The van der Waals surface area contributed by atoms with E-state index < -0.39 is 0 Å². The molecule has 0 spiro atoms. The lowest BCUT2D eigenvalue weighted by atomic mass is 10.1. The van der Waals surface area contributed by atoms with E-state index in [0.717, 1.165) is 30.8 Å². The summed E-state index contributed by atoms with van der Waals surface area (Å²) in [6, 6.07) is 7.22. The van der Waals surface area contributed by atoms with Crippen molar-refractivity contribution in [3.8, 4) is 5.75 Å². The second-order valence-corrected chi connectivity index (χ2v) is 6.53. The first-order valence-corrected chi connectivity index (χ1v) is 9.10. The van der Waals surface area contributed by atoms with Crippen LogP contribution in [0.15, 0.2) is 24.3 Å². The minimum Gasteiger partial charge on any atom is -0.489 e. The molecule has 3 amide bonds. The number of imide groups is 1. The third kappa shape index (κ3) is 4.82. The van der Waals surface area contributed by atoms with Crippen LogP contribution in [0.5, 0.6) is 5.75 Å². The van der Waals surface area contributed by atoms with Crippen LogP contribution in [-0.2, 0) is 19.1 Å². The number of anilines is 1. The van der Waals surface area contributed by atoms with E-state index in [0.29, 0.717) is 18.0 Å². The maximum atomic E-state index is 12.2. The molecule has 2 heterocycles. The SMILES string of the molecule is O=C(CCN1C(=O)CCC1=O)Nc1ccccc1OCC1CCCCO1. The van der Waals surface area contributed by atoms with E-state index in [1.54, 1.807) is 12.1 Å². The molecule has 3 rings (SSSR count). The van der Waals surface area contributed by atoms with Crippen molar-refractivity contribution in [3.05, 3.63) is 24.3 Å². The molecule has 7 heteroatoms.